The van der Waals surface area contributed by atoms with E-state index in [4.69, 9.17) is 14.2 Å². The van der Waals surface area contributed by atoms with Crippen LogP contribution in [0, 0.1) is 24.7 Å². The molecular weight excluding hydrogens is 532 g/mol. The molecule has 1 unspecified atom stereocenters. The van der Waals surface area contributed by atoms with Crippen LogP contribution in [0.5, 0.6) is 5.75 Å². The van der Waals surface area contributed by atoms with Crippen molar-refractivity contribution in [3.63, 3.8) is 0 Å². The van der Waals surface area contributed by atoms with Crippen LogP contribution in [0.1, 0.15) is 100 Å². The lowest BCUT2D eigenvalue weighted by atomic mass is 9.75. The Morgan fingerprint density at radius 2 is 1.71 bits per heavy atom. The quantitative estimate of drug-likeness (QED) is 0.261. The number of esters is 1. The number of carbonyl (C=O) groups excluding carboxylic acids is 1. The first-order valence-corrected chi connectivity index (χ1v) is 15.8. The number of allylic oxidation sites excluding steroid dienone is 2. The van der Waals surface area contributed by atoms with Crippen LogP contribution >= 0.6 is 0 Å². The van der Waals surface area contributed by atoms with Gasteiger partial charge in [-0.05, 0) is 67.9 Å². The molecule has 1 aromatic rings. The van der Waals surface area contributed by atoms with Crippen molar-refractivity contribution >= 4 is 12.0 Å². The number of benzene rings is 1. The van der Waals surface area contributed by atoms with Gasteiger partial charge in [0.1, 0.15) is 11.9 Å². The van der Waals surface area contributed by atoms with Crippen molar-refractivity contribution in [2.75, 3.05) is 0 Å². The average Bonchev–Trinajstić information content (AvgIpc) is 2.96. The van der Waals surface area contributed by atoms with E-state index in [1.54, 1.807) is 31.2 Å². The van der Waals surface area contributed by atoms with E-state index in [9.17, 15) is 20.1 Å². The first-order chi connectivity index (χ1) is 20.0. The largest absolute Gasteiger partial charge is 0.508 e. The molecule has 3 aliphatic heterocycles. The Morgan fingerprint density at radius 3 is 2.48 bits per heavy atom. The van der Waals surface area contributed by atoms with Gasteiger partial charge in [-0.25, -0.2) is 4.79 Å². The molecule has 1 spiro atoms. The van der Waals surface area contributed by atoms with Crippen LogP contribution in [0.4, 0.5) is 0 Å². The number of rotatable bonds is 1. The Kier molecular flexibility index (Phi) is 9.63. The van der Waals surface area contributed by atoms with E-state index in [1.807, 2.05) is 32.1 Å². The Hall–Kier alpha value is -2.45. The zero-order chi connectivity index (χ0) is 30.0. The van der Waals surface area contributed by atoms with Crippen molar-refractivity contribution in [3.05, 3.63) is 58.7 Å². The lowest BCUT2D eigenvalue weighted by Crippen LogP contribution is -2.59. The maximum Gasteiger partial charge on any atom is 0.339 e. The fourth-order valence-corrected chi connectivity index (χ4v) is 7.28. The fourth-order valence-electron chi connectivity index (χ4n) is 7.28. The number of fused-ring (bicyclic) bond motifs is 3. The number of hydrogen-bond acceptors (Lipinski definition) is 7. The summed E-state index contributed by atoms with van der Waals surface area (Å²) in [6.07, 6.45) is 14.6. The summed E-state index contributed by atoms with van der Waals surface area (Å²) in [6.45, 7) is 7.71. The van der Waals surface area contributed by atoms with Gasteiger partial charge < -0.3 is 29.5 Å². The van der Waals surface area contributed by atoms with Crippen molar-refractivity contribution in [2.45, 2.75) is 122 Å². The SMILES string of the molecule is C/C1=C\C[C@@H]2C[C@@H](C[C@]3(CC(O)[C@H](C)[C@@H](C4CCCCC4)O3)O2)OC(=O)c2cc(C)c(O)cc2/C=C/C=C/[C@H](C)[C@@H]1O. The highest BCUT2D eigenvalue weighted by Crippen LogP contribution is 2.46. The number of phenols is 1. The lowest BCUT2D eigenvalue weighted by molar-refractivity contribution is -0.354. The zero-order valence-corrected chi connectivity index (χ0v) is 25.5. The molecule has 3 N–H and O–H groups in total. The molecule has 8 atom stereocenters. The second-order valence-electron chi connectivity index (χ2n) is 13.2. The van der Waals surface area contributed by atoms with Crippen LogP contribution in [0.25, 0.3) is 6.08 Å². The second kappa shape index (κ2) is 13.0. The first-order valence-electron chi connectivity index (χ1n) is 15.8. The summed E-state index contributed by atoms with van der Waals surface area (Å²) in [5.74, 6) is -1.18. The van der Waals surface area contributed by atoms with E-state index in [0.717, 1.165) is 18.4 Å². The topological polar surface area (TPSA) is 105 Å². The zero-order valence-electron chi connectivity index (χ0n) is 25.5. The number of phenolic OH excluding ortho intramolecular Hbond substituents is 1. The molecule has 42 heavy (non-hydrogen) atoms. The van der Waals surface area contributed by atoms with Crippen molar-refractivity contribution in [1.29, 1.82) is 0 Å². The molecule has 2 saturated heterocycles. The summed E-state index contributed by atoms with van der Waals surface area (Å²) in [4.78, 5) is 13.7. The molecule has 2 bridgehead atoms. The standard InChI is InChI=1S/C35H48O7/c1-21-10-8-9-13-26-17-30(36)23(3)16-29(26)34(39)40-28-18-27(15-14-22(2)32(21)38)41-35(19-28)20-31(37)24(4)33(42-35)25-11-6-5-7-12-25/h8-10,13-14,16-17,21,24-25,27-28,31-33,36-38H,5-7,11-12,15,18-20H2,1-4H3/b10-8+,13-9+,22-14+/t21-,24-,27+,28-,31?,32-,33-,35-/m0/s1. The first kappa shape index (κ1) is 31.0. The third kappa shape index (κ3) is 6.85. The van der Waals surface area contributed by atoms with Crippen molar-refractivity contribution < 1.29 is 34.3 Å². The number of aliphatic hydroxyl groups is 2. The summed E-state index contributed by atoms with van der Waals surface area (Å²) < 4.78 is 19.8. The van der Waals surface area contributed by atoms with E-state index in [-0.39, 0.29) is 29.8 Å². The third-order valence-electron chi connectivity index (χ3n) is 9.89. The van der Waals surface area contributed by atoms with E-state index < -0.39 is 30.1 Å². The number of carbonyl (C=O) groups is 1. The Morgan fingerprint density at radius 1 is 0.952 bits per heavy atom. The lowest BCUT2D eigenvalue weighted by Gasteiger charge is -2.53. The molecule has 0 amide bonds. The van der Waals surface area contributed by atoms with Gasteiger partial charge in [0.15, 0.2) is 5.79 Å². The maximum absolute atomic E-state index is 13.7. The fraction of sp³-hybridized carbons (Fsp3) is 0.629. The third-order valence-corrected chi connectivity index (χ3v) is 9.89. The number of aromatic hydroxyl groups is 1. The second-order valence-corrected chi connectivity index (χ2v) is 13.2. The molecule has 230 valence electrons. The molecule has 5 rings (SSSR count). The Bertz CT molecular complexity index is 1210. The monoisotopic (exact) mass is 580 g/mol. The highest BCUT2D eigenvalue weighted by molar-refractivity contribution is 5.94. The van der Waals surface area contributed by atoms with Crippen LogP contribution in [0.15, 0.2) is 42.0 Å². The Labute approximate surface area is 250 Å². The van der Waals surface area contributed by atoms with Crippen LogP contribution in [-0.4, -0.2) is 57.6 Å². The molecule has 3 heterocycles. The van der Waals surface area contributed by atoms with E-state index in [1.165, 1.54) is 19.3 Å². The molecule has 4 aliphatic rings. The highest BCUT2D eigenvalue weighted by atomic mass is 16.7. The Balaban J connectivity index is 1.50. The van der Waals surface area contributed by atoms with Crippen molar-refractivity contribution in [1.82, 2.24) is 0 Å². The normalized spacial score (nSPS) is 39.5. The summed E-state index contributed by atoms with van der Waals surface area (Å²) in [6, 6.07) is 3.24. The van der Waals surface area contributed by atoms with E-state index >= 15 is 0 Å². The predicted octanol–water partition coefficient (Wildman–Crippen LogP) is 6.38. The minimum absolute atomic E-state index is 0.00427. The molecule has 0 radical (unpaired) electrons. The van der Waals surface area contributed by atoms with Crippen LogP contribution in [0.3, 0.4) is 0 Å². The van der Waals surface area contributed by atoms with Gasteiger partial charge in [0.05, 0.1) is 30.0 Å². The van der Waals surface area contributed by atoms with Crippen LogP contribution < -0.4 is 0 Å². The minimum atomic E-state index is -1.06. The van der Waals surface area contributed by atoms with Gasteiger partial charge in [0.2, 0.25) is 0 Å². The van der Waals surface area contributed by atoms with Gasteiger partial charge in [-0.3, -0.25) is 0 Å². The summed E-state index contributed by atoms with van der Waals surface area (Å²) in [5.41, 5.74) is 2.37. The van der Waals surface area contributed by atoms with Gasteiger partial charge in [0.25, 0.3) is 0 Å². The predicted molar refractivity (Wildman–Crippen MR) is 162 cm³/mol. The van der Waals surface area contributed by atoms with Crippen LogP contribution in [0.2, 0.25) is 0 Å². The van der Waals surface area contributed by atoms with Gasteiger partial charge in [-0.1, -0.05) is 63.5 Å². The molecule has 1 saturated carbocycles. The summed E-state index contributed by atoms with van der Waals surface area (Å²) in [5, 5.41) is 32.7. The summed E-state index contributed by atoms with van der Waals surface area (Å²) in [7, 11) is 0. The molecule has 7 heteroatoms. The van der Waals surface area contributed by atoms with Gasteiger partial charge in [0, 0.05) is 31.1 Å². The van der Waals surface area contributed by atoms with Gasteiger partial charge in [-0.15, -0.1) is 0 Å². The average molecular weight is 581 g/mol. The molecule has 7 nitrogen and oxygen atoms in total. The number of aryl methyl sites for hydroxylation is 1. The van der Waals surface area contributed by atoms with Gasteiger partial charge >= 0.3 is 5.97 Å². The molecular formula is C35H48O7. The molecule has 1 aromatic carbocycles. The molecule has 0 aromatic heterocycles. The van der Waals surface area contributed by atoms with Crippen molar-refractivity contribution in [3.8, 4) is 5.75 Å². The molecule has 3 fully saturated rings. The number of hydrogen-bond donors (Lipinski definition) is 3. The van der Waals surface area contributed by atoms with Crippen LogP contribution in [-0.2, 0) is 14.2 Å². The summed E-state index contributed by atoms with van der Waals surface area (Å²) >= 11 is 0. The number of aliphatic hydroxyl groups excluding tert-OH is 2. The molecule has 1 aliphatic carbocycles. The van der Waals surface area contributed by atoms with E-state index in [0.29, 0.717) is 48.3 Å². The van der Waals surface area contributed by atoms with Crippen molar-refractivity contribution in [2.24, 2.45) is 17.8 Å². The smallest absolute Gasteiger partial charge is 0.339 e. The maximum atomic E-state index is 13.7. The van der Waals surface area contributed by atoms with Gasteiger partial charge in [-0.2, -0.15) is 0 Å². The highest BCUT2D eigenvalue weighted by Gasteiger charge is 2.53. The van der Waals surface area contributed by atoms with E-state index in [2.05, 4.69) is 6.92 Å². The minimum Gasteiger partial charge on any atom is -0.508 e. The number of ether oxygens (including phenoxy) is 3.